The number of nitrogens with one attached hydrogen (secondary N) is 1. The van der Waals surface area contributed by atoms with Gasteiger partial charge in [-0.3, -0.25) is 14.6 Å². The zero-order valence-electron chi connectivity index (χ0n) is 9.92. The van der Waals surface area contributed by atoms with Gasteiger partial charge in [0.05, 0.1) is 6.54 Å². The van der Waals surface area contributed by atoms with Crippen LogP contribution in [0.1, 0.15) is 0 Å². The quantitative estimate of drug-likeness (QED) is 0.348. The largest absolute Gasteiger partial charge is 0.452 e. The normalized spacial score (nSPS) is 13.8. The number of hydrogen-bond acceptors (Lipinski definition) is 6. The molecule has 18 heavy (non-hydrogen) atoms. The molecular weight excluding hydrogens is 238 g/mol. The van der Waals surface area contributed by atoms with Crippen molar-refractivity contribution in [2.75, 3.05) is 32.8 Å². The van der Waals surface area contributed by atoms with Crippen LogP contribution in [-0.4, -0.2) is 61.7 Å². The van der Waals surface area contributed by atoms with Crippen molar-refractivity contribution in [3.8, 4) is 0 Å². The number of aliphatic imine (C=N–C) groups is 1. The van der Waals surface area contributed by atoms with Crippen LogP contribution in [0.5, 0.6) is 0 Å². The summed E-state index contributed by atoms with van der Waals surface area (Å²) in [7, 11) is 0. The summed E-state index contributed by atoms with van der Waals surface area (Å²) in [6.07, 6.45) is 1.69. The molecule has 1 aliphatic rings. The van der Waals surface area contributed by atoms with Crippen LogP contribution >= 0.6 is 0 Å². The second kappa shape index (κ2) is 7.21. The van der Waals surface area contributed by atoms with Crippen LogP contribution in [0.3, 0.4) is 0 Å². The Hall–Kier alpha value is -2.18. The smallest absolute Gasteiger partial charge is 0.330 e. The third kappa shape index (κ3) is 4.36. The minimum atomic E-state index is -0.639. The number of carbonyl (C=O) groups is 3. The molecule has 0 atom stereocenters. The number of carbonyl (C=O) groups excluding carboxylic acids is 3. The van der Waals surface area contributed by atoms with Gasteiger partial charge in [-0.2, -0.15) is 0 Å². The third-order valence-corrected chi connectivity index (χ3v) is 2.29. The van der Waals surface area contributed by atoms with Crippen LogP contribution < -0.4 is 5.32 Å². The fourth-order valence-corrected chi connectivity index (χ4v) is 1.41. The molecule has 1 rings (SSSR count). The Morgan fingerprint density at radius 3 is 3.00 bits per heavy atom. The van der Waals surface area contributed by atoms with E-state index >= 15 is 0 Å². The van der Waals surface area contributed by atoms with E-state index in [4.69, 9.17) is 0 Å². The average Bonchev–Trinajstić information content (AvgIpc) is 2.83. The second-order valence-corrected chi connectivity index (χ2v) is 3.51. The Kier molecular flexibility index (Phi) is 5.56. The molecule has 1 N–H and O–H groups in total. The third-order valence-electron chi connectivity index (χ3n) is 2.29. The van der Waals surface area contributed by atoms with Crippen molar-refractivity contribution in [3.63, 3.8) is 0 Å². The monoisotopic (exact) mass is 253 g/mol. The van der Waals surface area contributed by atoms with E-state index in [1.54, 1.807) is 4.90 Å². The molecule has 0 aromatic carbocycles. The van der Waals surface area contributed by atoms with Gasteiger partial charge in [0, 0.05) is 25.7 Å². The maximum absolute atomic E-state index is 11.2. The molecule has 0 saturated heterocycles. The highest BCUT2D eigenvalue weighted by Gasteiger charge is 2.15. The predicted octanol–water partition coefficient (Wildman–Crippen LogP) is -1.26. The van der Waals surface area contributed by atoms with Gasteiger partial charge in [0.1, 0.15) is 0 Å². The van der Waals surface area contributed by atoms with Crippen LogP contribution in [0.25, 0.3) is 0 Å². The van der Waals surface area contributed by atoms with Crippen molar-refractivity contribution < 1.29 is 19.1 Å². The molecule has 7 nitrogen and oxygen atoms in total. The van der Waals surface area contributed by atoms with Crippen molar-refractivity contribution in [3.05, 3.63) is 12.7 Å². The van der Waals surface area contributed by atoms with Crippen LogP contribution in [0, 0.1) is 0 Å². The van der Waals surface area contributed by atoms with Crippen molar-refractivity contribution in [1.29, 1.82) is 0 Å². The number of rotatable bonds is 7. The van der Waals surface area contributed by atoms with Crippen molar-refractivity contribution >= 4 is 24.0 Å². The van der Waals surface area contributed by atoms with Crippen LogP contribution in [0.4, 0.5) is 0 Å². The number of hydrogen-bond donors (Lipinski definition) is 1. The zero-order valence-corrected chi connectivity index (χ0v) is 9.92. The van der Waals surface area contributed by atoms with Crippen molar-refractivity contribution in [2.45, 2.75) is 0 Å². The lowest BCUT2D eigenvalue weighted by atomic mass is 10.4. The highest BCUT2D eigenvalue weighted by molar-refractivity contribution is 6.27. The van der Waals surface area contributed by atoms with Crippen LogP contribution in [-0.2, 0) is 19.1 Å². The van der Waals surface area contributed by atoms with Gasteiger partial charge in [-0.25, -0.2) is 4.79 Å². The van der Waals surface area contributed by atoms with Gasteiger partial charge in [-0.05, 0) is 0 Å². The average molecular weight is 253 g/mol. The van der Waals surface area contributed by atoms with Gasteiger partial charge in [0.25, 0.3) is 5.91 Å². The lowest BCUT2D eigenvalue weighted by Gasteiger charge is -2.17. The summed E-state index contributed by atoms with van der Waals surface area (Å²) in [5.74, 6) is -0.628. The highest BCUT2D eigenvalue weighted by Crippen LogP contribution is 1.98. The summed E-state index contributed by atoms with van der Waals surface area (Å²) in [6.45, 7) is 5.01. The number of nitrogens with zero attached hydrogens (tertiary/aromatic N) is 2. The molecule has 0 aliphatic carbocycles. The van der Waals surface area contributed by atoms with Gasteiger partial charge >= 0.3 is 5.97 Å². The number of esters is 1. The molecule has 0 aromatic heterocycles. The summed E-state index contributed by atoms with van der Waals surface area (Å²) in [6, 6.07) is 0. The topological polar surface area (TPSA) is 88.1 Å². The lowest BCUT2D eigenvalue weighted by Crippen LogP contribution is -2.38. The summed E-state index contributed by atoms with van der Waals surface area (Å²) in [4.78, 5) is 38.3. The zero-order chi connectivity index (χ0) is 13.4. The minimum absolute atomic E-state index is 0.334. The molecule has 0 saturated carbocycles. The Morgan fingerprint density at radius 2 is 2.33 bits per heavy atom. The molecular formula is C11H15N3O4. The molecule has 1 heterocycles. The van der Waals surface area contributed by atoms with E-state index in [1.165, 1.54) is 0 Å². The summed E-state index contributed by atoms with van der Waals surface area (Å²) in [5, 5.41) is 2.57. The Bertz CT molecular complexity index is 378. The van der Waals surface area contributed by atoms with Crippen LogP contribution in [0.2, 0.25) is 0 Å². The molecule has 0 radical (unpaired) electrons. The number of ether oxygens (including phenoxy) is 1. The first-order valence-corrected chi connectivity index (χ1v) is 5.48. The van der Waals surface area contributed by atoms with E-state index in [0.29, 0.717) is 38.3 Å². The molecule has 98 valence electrons. The minimum Gasteiger partial charge on any atom is -0.452 e. The number of aldehydes is 1. The molecule has 0 unspecified atom stereocenters. The van der Waals surface area contributed by atoms with Crippen molar-refractivity contribution in [2.24, 2.45) is 4.99 Å². The fourth-order valence-electron chi connectivity index (χ4n) is 1.41. The first-order chi connectivity index (χ1) is 8.67. The van der Waals surface area contributed by atoms with Gasteiger partial charge in [0.2, 0.25) is 0 Å². The van der Waals surface area contributed by atoms with E-state index in [1.807, 2.05) is 0 Å². The van der Waals surface area contributed by atoms with Crippen molar-refractivity contribution in [1.82, 2.24) is 10.2 Å². The lowest BCUT2D eigenvalue weighted by molar-refractivity contribution is -0.143. The van der Waals surface area contributed by atoms with Crippen LogP contribution in [0.15, 0.2) is 17.6 Å². The maximum atomic E-state index is 11.2. The molecule has 7 heteroatoms. The number of amidine groups is 1. The molecule has 0 fully saturated rings. The molecule has 1 aliphatic heterocycles. The summed E-state index contributed by atoms with van der Waals surface area (Å²) < 4.78 is 4.56. The van der Waals surface area contributed by atoms with E-state index in [0.717, 1.165) is 6.08 Å². The Labute approximate surface area is 104 Å². The molecule has 0 bridgehead atoms. The standard InChI is InChI=1S/C11H15N3O4/c1-2-11(17)18-8-10(16)13-4-6-14-5-3-12-9(14)7-15/h2,7H,1,3-6,8H2,(H,13,16). The van der Waals surface area contributed by atoms with Gasteiger partial charge in [-0.15, -0.1) is 0 Å². The second-order valence-electron chi connectivity index (χ2n) is 3.51. The van der Waals surface area contributed by atoms with Gasteiger partial charge in [-0.1, -0.05) is 6.58 Å². The number of amides is 1. The Balaban J connectivity index is 2.16. The molecule has 0 aromatic rings. The SMILES string of the molecule is C=CC(=O)OCC(=O)NCCN1CCN=C1C=O. The summed E-state index contributed by atoms with van der Waals surface area (Å²) in [5.41, 5.74) is 0. The van der Waals surface area contributed by atoms with E-state index in [9.17, 15) is 14.4 Å². The first-order valence-electron chi connectivity index (χ1n) is 5.48. The highest BCUT2D eigenvalue weighted by atomic mass is 16.5. The Morgan fingerprint density at radius 1 is 1.56 bits per heavy atom. The predicted molar refractivity (Wildman–Crippen MR) is 64.1 cm³/mol. The van der Waals surface area contributed by atoms with E-state index in [-0.39, 0.29) is 6.61 Å². The fraction of sp³-hybridized carbons (Fsp3) is 0.455. The first kappa shape index (κ1) is 13.9. The molecule has 1 amide bonds. The van der Waals surface area contributed by atoms with E-state index in [2.05, 4.69) is 21.6 Å². The molecule has 0 spiro atoms. The van der Waals surface area contributed by atoms with E-state index < -0.39 is 11.9 Å². The van der Waals surface area contributed by atoms with Gasteiger partial charge in [0.15, 0.2) is 18.7 Å². The van der Waals surface area contributed by atoms with Gasteiger partial charge < -0.3 is 15.0 Å². The maximum Gasteiger partial charge on any atom is 0.330 e. The summed E-state index contributed by atoms with van der Waals surface area (Å²) >= 11 is 0.